The maximum atomic E-state index is 6.17. The van der Waals surface area contributed by atoms with Crippen LogP contribution in [-0.2, 0) is 6.54 Å². The Hall–Kier alpha value is -0.450. The van der Waals surface area contributed by atoms with Crippen LogP contribution in [0.2, 0.25) is 0 Å². The van der Waals surface area contributed by atoms with Crippen LogP contribution in [0.25, 0.3) is 0 Å². The fourth-order valence-corrected chi connectivity index (χ4v) is 3.34. The van der Waals surface area contributed by atoms with Crippen LogP contribution in [0.1, 0.15) is 50.7 Å². The van der Waals surface area contributed by atoms with E-state index in [1.807, 2.05) is 0 Å². The predicted octanol–water partition coefficient (Wildman–Crippen LogP) is 2.83. The molecule has 0 spiro atoms. The second-order valence-electron chi connectivity index (χ2n) is 6.43. The number of nitrogens with zero attached hydrogens (tertiary/aromatic N) is 2. The molecule has 1 aromatic rings. The number of hydrogen-bond donors (Lipinski definition) is 1. The molecular weight excluding hydrogens is 242 g/mol. The number of nitrogens with two attached hydrogens (primary N) is 1. The molecule has 1 saturated heterocycles. The van der Waals surface area contributed by atoms with Crippen molar-refractivity contribution in [3.63, 3.8) is 0 Å². The first-order valence-corrected chi connectivity index (χ1v) is 7.68. The molecule has 0 bridgehead atoms. The fourth-order valence-electron chi connectivity index (χ4n) is 2.51. The van der Waals surface area contributed by atoms with Crippen LogP contribution < -0.4 is 5.73 Å². The zero-order valence-electron chi connectivity index (χ0n) is 11.9. The Bertz CT molecular complexity index is 397. The van der Waals surface area contributed by atoms with E-state index in [4.69, 9.17) is 10.7 Å². The molecule has 1 unspecified atom stereocenters. The van der Waals surface area contributed by atoms with Crippen LogP contribution in [0.3, 0.4) is 0 Å². The third-order valence-corrected chi connectivity index (χ3v) is 5.03. The molecule has 3 nitrogen and oxygen atoms in total. The van der Waals surface area contributed by atoms with Crippen molar-refractivity contribution in [3.8, 4) is 0 Å². The topological polar surface area (TPSA) is 42.2 Å². The largest absolute Gasteiger partial charge is 0.327 e. The molecule has 1 aliphatic rings. The smallest absolute Gasteiger partial charge is 0.0954 e. The van der Waals surface area contributed by atoms with Gasteiger partial charge in [-0.25, -0.2) is 4.98 Å². The third-order valence-electron chi connectivity index (χ3n) is 3.84. The Kier molecular flexibility index (Phi) is 4.09. The molecule has 1 aromatic heterocycles. The van der Waals surface area contributed by atoms with Gasteiger partial charge in [-0.2, -0.15) is 0 Å². The third kappa shape index (κ3) is 3.11. The molecular formula is C14H25N3S. The minimum atomic E-state index is 0.217. The van der Waals surface area contributed by atoms with Gasteiger partial charge in [-0.05, 0) is 11.8 Å². The molecule has 1 fully saturated rings. The standard InChI is InChI=1S/C14H25N3S/c1-10(2)13-16-11(8-18-13)7-17-6-5-12(15)14(3,4)9-17/h8,10,12H,5-7,9,15H2,1-4H3. The van der Waals surface area contributed by atoms with E-state index in [1.165, 1.54) is 10.7 Å². The second kappa shape index (κ2) is 5.27. The lowest BCUT2D eigenvalue weighted by Crippen LogP contribution is -2.52. The van der Waals surface area contributed by atoms with Crippen LogP contribution >= 0.6 is 11.3 Å². The summed E-state index contributed by atoms with van der Waals surface area (Å²) in [5.41, 5.74) is 7.61. The first-order valence-electron chi connectivity index (χ1n) is 6.81. The highest BCUT2D eigenvalue weighted by Gasteiger charge is 2.33. The summed E-state index contributed by atoms with van der Waals surface area (Å²) in [6.07, 6.45) is 1.09. The summed E-state index contributed by atoms with van der Waals surface area (Å²) in [4.78, 5) is 7.20. The van der Waals surface area contributed by atoms with E-state index in [-0.39, 0.29) is 5.41 Å². The molecule has 0 aliphatic carbocycles. The van der Waals surface area contributed by atoms with Gasteiger partial charge >= 0.3 is 0 Å². The van der Waals surface area contributed by atoms with E-state index >= 15 is 0 Å². The second-order valence-corrected chi connectivity index (χ2v) is 7.32. The monoisotopic (exact) mass is 267 g/mol. The Morgan fingerprint density at radius 3 is 2.83 bits per heavy atom. The van der Waals surface area contributed by atoms with Crippen LogP contribution in [0.15, 0.2) is 5.38 Å². The Labute approximate surface area is 114 Å². The van der Waals surface area contributed by atoms with Crippen LogP contribution in [0.4, 0.5) is 0 Å². The number of piperidine rings is 1. The highest BCUT2D eigenvalue weighted by Crippen LogP contribution is 2.29. The van der Waals surface area contributed by atoms with Crippen molar-refractivity contribution in [2.75, 3.05) is 13.1 Å². The Morgan fingerprint density at radius 2 is 2.28 bits per heavy atom. The number of aromatic nitrogens is 1. The van der Waals surface area contributed by atoms with Gasteiger partial charge in [0, 0.05) is 37.0 Å². The van der Waals surface area contributed by atoms with E-state index in [2.05, 4.69) is 38.0 Å². The molecule has 2 heterocycles. The highest BCUT2D eigenvalue weighted by atomic mass is 32.1. The molecule has 0 saturated carbocycles. The number of likely N-dealkylation sites (tertiary alicyclic amines) is 1. The summed E-state index contributed by atoms with van der Waals surface area (Å²) in [6, 6.07) is 0.329. The lowest BCUT2D eigenvalue weighted by Gasteiger charge is -2.42. The van der Waals surface area contributed by atoms with Gasteiger partial charge in [0.1, 0.15) is 0 Å². The highest BCUT2D eigenvalue weighted by molar-refractivity contribution is 7.09. The Balaban J connectivity index is 1.97. The summed E-state index contributed by atoms with van der Waals surface area (Å²) < 4.78 is 0. The quantitative estimate of drug-likeness (QED) is 0.915. The number of rotatable bonds is 3. The molecule has 18 heavy (non-hydrogen) atoms. The molecule has 4 heteroatoms. The zero-order chi connectivity index (χ0) is 13.3. The van der Waals surface area contributed by atoms with Gasteiger partial charge in [0.25, 0.3) is 0 Å². The maximum Gasteiger partial charge on any atom is 0.0954 e. The normalized spacial score (nSPS) is 24.7. The van der Waals surface area contributed by atoms with Gasteiger partial charge in [0.15, 0.2) is 0 Å². The van der Waals surface area contributed by atoms with Crippen LogP contribution in [0, 0.1) is 5.41 Å². The minimum Gasteiger partial charge on any atom is -0.327 e. The SMILES string of the molecule is CC(C)c1nc(CN2CCC(N)C(C)(C)C2)cs1. The van der Waals surface area contributed by atoms with Gasteiger partial charge in [0.05, 0.1) is 10.7 Å². The summed E-state index contributed by atoms with van der Waals surface area (Å²) >= 11 is 1.78. The predicted molar refractivity (Wildman–Crippen MR) is 77.9 cm³/mol. The van der Waals surface area contributed by atoms with Gasteiger partial charge in [-0.1, -0.05) is 27.7 Å². The van der Waals surface area contributed by atoms with Gasteiger partial charge < -0.3 is 5.73 Å². The zero-order valence-corrected chi connectivity index (χ0v) is 12.8. The summed E-state index contributed by atoms with van der Waals surface area (Å²) in [5, 5.41) is 3.45. The fraction of sp³-hybridized carbons (Fsp3) is 0.786. The van der Waals surface area contributed by atoms with E-state index < -0.39 is 0 Å². The van der Waals surface area contributed by atoms with E-state index in [0.29, 0.717) is 12.0 Å². The average Bonchev–Trinajstić information content (AvgIpc) is 2.72. The molecule has 1 atom stereocenters. The van der Waals surface area contributed by atoms with Crippen molar-refractivity contribution in [2.24, 2.45) is 11.1 Å². The molecule has 0 amide bonds. The summed E-state index contributed by atoms with van der Waals surface area (Å²) in [6.45, 7) is 12.1. The first-order chi connectivity index (χ1) is 8.38. The lowest BCUT2D eigenvalue weighted by atomic mass is 9.80. The lowest BCUT2D eigenvalue weighted by molar-refractivity contribution is 0.0890. The van der Waals surface area contributed by atoms with E-state index in [0.717, 1.165) is 26.1 Å². The van der Waals surface area contributed by atoms with Crippen molar-refractivity contribution in [1.82, 2.24) is 9.88 Å². The van der Waals surface area contributed by atoms with E-state index in [1.54, 1.807) is 11.3 Å². The summed E-state index contributed by atoms with van der Waals surface area (Å²) in [7, 11) is 0. The first kappa shape index (κ1) is 14.0. The van der Waals surface area contributed by atoms with Crippen LogP contribution in [-0.4, -0.2) is 29.0 Å². The molecule has 2 rings (SSSR count). The minimum absolute atomic E-state index is 0.217. The number of thiazole rings is 1. The van der Waals surface area contributed by atoms with Gasteiger partial charge in [0.2, 0.25) is 0 Å². The van der Waals surface area contributed by atoms with Gasteiger partial charge in [-0.3, -0.25) is 4.90 Å². The molecule has 1 aliphatic heterocycles. The average molecular weight is 267 g/mol. The molecule has 0 aromatic carbocycles. The van der Waals surface area contributed by atoms with Crippen molar-refractivity contribution in [2.45, 2.75) is 52.6 Å². The van der Waals surface area contributed by atoms with Crippen molar-refractivity contribution >= 4 is 11.3 Å². The van der Waals surface area contributed by atoms with Crippen LogP contribution in [0.5, 0.6) is 0 Å². The Morgan fingerprint density at radius 1 is 1.56 bits per heavy atom. The van der Waals surface area contributed by atoms with Gasteiger partial charge in [-0.15, -0.1) is 11.3 Å². The van der Waals surface area contributed by atoms with Crippen molar-refractivity contribution in [1.29, 1.82) is 0 Å². The summed E-state index contributed by atoms with van der Waals surface area (Å²) in [5.74, 6) is 0.537. The van der Waals surface area contributed by atoms with E-state index in [9.17, 15) is 0 Å². The number of hydrogen-bond acceptors (Lipinski definition) is 4. The maximum absolute atomic E-state index is 6.17. The van der Waals surface area contributed by atoms with Crippen molar-refractivity contribution < 1.29 is 0 Å². The molecule has 102 valence electrons. The van der Waals surface area contributed by atoms with Crippen molar-refractivity contribution in [3.05, 3.63) is 16.1 Å². The molecule has 2 N–H and O–H groups in total. The molecule has 0 radical (unpaired) electrons.